The number of hydrogen-bond donors (Lipinski definition) is 0. The van der Waals surface area contributed by atoms with Crippen LogP contribution in [0.15, 0.2) is 18.0 Å². The Kier molecular flexibility index (Phi) is 3.72. The molecule has 3 aromatic heterocycles. The number of hydrogen-bond acceptors (Lipinski definition) is 6. The standard InChI is InChI=1S/C16H20N6S/c1-3-21-10-19-20-15(21)12-5-4-6-22(7-12)16-14-13(17-9-18-16)11(2)8-23-14/h8-10,12H,3-7H2,1-2H3/t12-/m1/s1. The molecule has 0 unspecified atom stereocenters. The summed E-state index contributed by atoms with van der Waals surface area (Å²) in [6.07, 6.45) is 5.83. The topological polar surface area (TPSA) is 59.7 Å². The fourth-order valence-corrected chi connectivity index (χ4v) is 4.41. The van der Waals surface area contributed by atoms with Crippen molar-refractivity contribution in [2.24, 2.45) is 0 Å². The van der Waals surface area contributed by atoms with E-state index in [-0.39, 0.29) is 0 Å². The number of thiophene rings is 1. The molecule has 0 bridgehead atoms. The number of aromatic nitrogens is 5. The molecule has 7 heteroatoms. The van der Waals surface area contributed by atoms with Crippen LogP contribution in [0.3, 0.4) is 0 Å². The molecular formula is C16H20N6S. The molecule has 4 heterocycles. The molecular weight excluding hydrogens is 308 g/mol. The van der Waals surface area contributed by atoms with Crippen LogP contribution in [-0.2, 0) is 6.54 Å². The van der Waals surface area contributed by atoms with E-state index in [1.54, 1.807) is 17.7 Å². The number of anilines is 1. The molecule has 1 aliphatic rings. The Labute approximate surface area is 139 Å². The first kappa shape index (κ1) is 14.6. The lowest BCUT2D eigenvalue weighted by molar-refractivity contribution is 0.472. The van der Waals surface area contributed by atoms with Gasteiger partial charge < -0.3 is 9.47 Å². The van der Waals surface area contributed by atoms with E-state index < -0.39 is 0 Å². The van der Waals surface area contributed by atoms with E-state index in [2.05, 4.69) is 48.9 Å². The fraction of sp³-hybridized carbons (Fsp3) is 0.500. The van der Waals surface area contributed by atoms with Crippen molar-refractivity contribution in [3.05, 3.63) is 29.4 Å². The van der Waals surface area contributed by atoms with Crippen LogP contribution in [0.5, 0.6) is 0 Å². The molecule has 3 aromatic rings. The molecule has 0 aliphatic carbocycles. The Morgan fingerprint density at radius 3 is 3.13 bits per heavy atom. The van der Waals surface area contributed by atoms with Crippen molar-refractivity contribution >= 4 is 27.4 Å². The predicted octanol–water partition coefficient (Wildman–Crippen LogP) is 3.00. The van der Waals surface area contributed by atoms with Gasteiger partial charge >= 0.3 is 0 Å². The third kappa shape index (κ3) is 2.49. The van der Waals surface area contributed by atoms with Gasteiger partial charge in [0.1, 0.15) is 24.3 Å². The zero-order valence-electron chi connectivity index (χ0n) is 13.4. The zero-order chi connectivity index (χ0) is 15.8. The predicted molar refractivity (Wildman–Crippen MR) is 92.0 cm³/mol. The maximum Gasteiger partial charge on any atom is 0.150 e. The summed E-state index contributed by atoms with van der Waals surface area (Å²) in [5, 5.41) is 10.6. The minimum Gasteiger partial charge on any atom is -0.355 e. The van der Waals surface area contributed by atoms with Crippen LogP contribution in [0.1, 0.15) is 37.1 Å². The lowest BCUT2D eigenvalue weighted by Crippen LogP contribution is -2.36. The Hall–Kier alpha value is -2.02. The second-order valence-electron chi connectivity index (χ2n) is 6.05. The van der Waals surface area contributed by atoms with Crippen LogP contribution in [0, 0.1) is 6.92 Å². The Morgan fingerprint density at radius 2 is 2.26 bits per heavy atom. The first-order chi connectivity index (χ1) is 11.3. The molecule has 1 atom stereocenters. The first-order valence-electron chi connectivity index (χ1n) is 8.09. The Balaban J connectivity index is 1.66. The van der Waals surface area contributed by atoms with Crippen LogP contribution in [0.25, 0.3) is 10.2 Å². The van der Waals surface area contributed by atoms with Crippen LogP contribution < -0.4 is 4.90 Å². The van der Waals surface area contributed by atoms with E-state index in [1.165, 1.54) is 10.3 Å². The van der Waals surface area contributed by atoms with E-state index in [0.29, 0.717) is 5.92 Å². The van der Waals surface area contributed by atoms with Gasteiger partial charge in [-0.1, -0.05) is 0 Å². The monoisotopic (exact) mass is 328 g/mol. The SMILES string of the molecule is CCn1cnnc1[C@@H]1CCCN(c2ncnc3c(C)csc23)C1. The van der Waals surface area contributed by atoms with Crippen molar-refractivity contribution in [2.75, 3.05) is 18.0 Å². The van der Waals surface area contributed by atoms with Crippen molar-refractivity contribution < 1.29 is 0 Å². The van der Waals surface area contributed by atoms with E-state index in [9.17, 15) is 0 Å². The molecule has 6 nitrogen and oxygen atoms in total. The van der Waals surface area contributed by atoms with Gasteiger partial charge in [0.2, 0.25) is 0 Å². The Morgan fingerprint density at radius 1 is 1.35 bits per heavy atom. The molecule has 4 rings (SSSR count). The maximum absolute atomic E-state index is 4.58. The average molecular weight is 328 g/mol. The number of aryl methyl sites for hydroxylation is 2. The second-order valence-corrected chi connectivity index (χ2v) is 6.93. The minimum absolute atomic E-state index is 0.414. The molecule has 0 radical (unpaired) electrons. The molecule has 1 aliphatic heterocycles. The molecule has 0 spiro atoms. The summed E-state index contributed by atoms with van der Waals surface area (Å²) in [4.78, 5) is 11.4. The third-order valence-corrected chi connectivity index (χ3v) is 5.67. The fourth-order valence-electron chi connectivity index (χ4n) is 3.39. The molecule has 1 saturated heterocycles. The number of rotatable bonds is 3. The summed E-state index contributed by atoms with van der Waals surface area (Å²) in [5.41, 5.74) is 2.31. The highest BCUT2D eigenvalue weighted by Gasteiger charge is 2.27. The lowest BCUT2D eigenvalue weighted by atomic mass is 9.97. The van der Waals surface area contributed by atoms with E-state index in [4.69, 9.17) is 0 Å². The highest BCUT2D eigenvalue weighted by Crippen LogP contribution is 2.34. The van der Waals surface area contributed by atoms with E-state index in [0.717, 1.165) is 49.6 Å². The molecule has 0 N–H and O–H groups in total. The number of nitrogens with zero attached hydrogens (tertiary/aromatic N) is 6. The third-order valence-electron chi connectivity index (χ3n) is 4.58. The van der Waals surface area contributed by atoms with Gasteiger partial charge in [0, 0.05) is 25.6 Å². The van der Waals surface area contributed by atoms with Gasteiger partial charge in [-0.15, -0.1) is 21.5 Å². The smallest absolute Gasteiger partial charge is 0.150 e. The van der Waals surface area contributed by atoms with Gasteiger partial charge in [-0.3, -0.25) is 0 Å². The van der Waals surface area contributed by atoms with Crippen LogP contribution in [0.4, 0.5) is 5.82 Å². The van der Waals surface area contributed by atoms with Gasteiger partial charge in [-0.05, 0) is 37.6 Å². The van der Waals surface area contributed by atoms with Crippen molar-refractivity contribution in [2.45, 2.75) is 39.2 Å². The normalized spacial score (nSPS) is 18.7. The van der Waals surface area contributed by atoms with Crippen molar-refractivity contribution in [1.29, 1.82) is 0 Å². The van der Waals surface area contributed by atoms with Crippen molar-refractivity contribution in [3.8, 4) is 0 Å². The minimum atomic E-state index is 0.414. The van der Waals surface area contributed by atoms with Gasteiger partial charge in [-0.25, -0.2) is 9.97 Å². The summed E-state index contributed by atoms with van der Waals surface area (Å²) >= 11 is 1.74. The molecule has 120 valence electrons. The maximum atomic E-state index is 4.58. The van der Waals surface area contributed by atoms with E-state index >= 15 is 0 Å². The number of piperidine rings is 1. The average Bonchev–Trinajstić information content (AvgIpc) is 3.22. The lowest BCUT2D eigenvalue weighted by Gasteiger charge is -2.33. The van der Waals surface area contributed by atoms with Gasteiger partial charge in [0.05, 0.1) is 10.2 Å². The number of fused-ring (bicyclic) bond motifs is 1. The largest absolute Gasteiger partial charge is 0.355 e. The second kappa shape index (κ2) is 5.88. The molecule has 0 aromatic carbocycles. The van der Waals surface area contributed by atoms with E-state index in [1.807, 2.05) is 6.33 Å². The quantitative estimate of drug-likeness (QED) is 0.740. The van der Waals surface area contributed by atoms with Gasteiger partial charge in [0.15, 0.2) is 0 Å². The van der Waals surface area contributed by atoms with Crippen LogP contribution in [0.2, 0.25) is 0 Å². The summed E-state index contributed by atoms with van der Waals surface area (Å²) < 4.78 is 3.35. The van der Waals surface area contributed by atoms with Crippen LogP contribution in [-0.4, -0.2) is 37.8 Å². The van der Waals surface area contributed by atoms with Crippen LogP contribution >= 0.6 is 11.3 Å². The highest BCUT2D eigenvalue weighted by atomic mass is 32.1. The highest BCUT2D eigenvalue weighted by molar-refractivity contribution is 7.18. The molecule has 1 fully saturated rings. The van der Waals surface area contributed by atoms with Gasteiger partial charge in [-0.2, -0.15) is 0 Å². The summed E-state index contributed by atoms with van der Waals surface area (Å²) in [7, 11) is 0. The molecule has 0 amide bonds. The van der Waals surface area contributed by atoms with Crippen molar-refractivity contribution in [3.63, 3.8) is 0 Å². The molecule has 0 saturated carbocycles. The summed E-state index contributed by atoms with van der Waals surface area (Å²) in [6, 6.07) is 0. The Bertz CT molecular complexity index is 823. The zero-order valence-corrected chi connectivity index (χ0v) is 14.3. The van der Waals surface area contributed by atoms with Crippen molar-refractivity contribution in [1.82, 2.24) is 24.7 Å². The molecule has 23 heavy (non-hydrogen) atoms. The first-order valence-corrected chi connectivity index (χ1v) is 8.97. The van der Waals surface area contributed by atoms with Gasteiger partial charge in [0.25, 0.3) is 0 Å². The summed E-state index contributed by atoms with van der Waals surface area (Å²) in [6.45, 7) is 7.15. The summed E-state index contributed by atoms with van der Waals surface area (Å²) in [5.74, 6) is 2.59.